The summed E-state index contributed by atoms with van der Waals surface area (Å²) in [6, 6.07) is 14.5. The Morgan fingerprint density at radius 2 is 1.65 bits per heavy atom. The van der Waals surface area contributed by atoms with Gasteiger partial charge in [0.2, 0.25) is 0 Å². The van der Waals surface area contributed by atoms with E-state index in [9.17, 15) is 8.42 Å². The molecule has 23 heavy (non-hydrogen) atoms. The van der Waals surface area contributed by atoms with E-state index < -0.39 is 10.0 Å². The van der Waals surface area contributed by atoms with Gasteiger partial charge >= 0.3 is 0 Å². The minimum Gasteiger partial charge on any atom is -0.199 e. The number of hydrogen-bond acceptors (Lipinski definition) is 3. The lowest BCUT2D eigenvalue weighted by Gasteiger charge is -2.11. The van der Waals surface area contributed by atoms with Crippen molar-refractivity contribution in [2.24, 2.45) is 0 Å². The van der Waals surface area contributed by atoms with Gasteiger partial charge in [0, 0.05) is 5.56 Å². The molecule has 2 aromatic carbocycles. The predicted molar refractivity (Wildman–Crippen MR) is 98.9 cm³/mol. The third-order valence-corrected chi connectivity index (χ3v) is 6.03. The normalized spacial score (nSPS) is 11.6. The standard InChI is InChI=1S/C17H15IN2O2S/c1-12-7-9-14(10-8-12)23(21,22)20-17(16(18)11-19-20)15-6-4-3-5-13(15)2/h3-11H,1-2H3. The van der Waals surface area contributed by atoms with Crippen molar-refractivity contribution in [3.8, 4) is 11.3 Å². The van der Waals surface area contributed by atoms with E-state index in [-0.39, 0.29) is 4.90 Å². The molecule has 0 saturated heterocycles. The lowest BCUT2D eigenvalue weighted by molar-refractivity contribution is 0.581. The van der Waals surface area contributed by atoms with Crippen LogP contribution in [-0.2, 0) is 10.0 Å². The minimum atomic E-state index is -3.73. The first-order valence-electron chi connectivity index (χ1n) is 7.03. The molecule has 0 N–H and O–H groups in total. The van der Waals surface area contributed by atoms with E-state index in [0.717, 1.165) is 24.3 Å². The van der Waals surface area contributed by atoms with E-state index >= 15 is 0 Å². The smallest absolute Gasteiger partial charge is 0.199 e. The van der Waals surface area contributed by atoms with Crippen LogP contribution in [0, 0.1) is 17.4 Å². The van der Waals surface area contributed by atoms with Gasteiger partial charge in [-0.25, -0.2) is 0 Å². The van der Waals surface area contributed by atoms with Crippen molar-refractivity contribution in [2.75, 3.05) is 0 Å². The van der Waals surface area contributed by atoms with Crippen molar-refractivity contribution >= 4 is 32.6 Å². The lowest BCUT2D eigenvalue weighted by Crippen LogP contribution is -2.16. The van der Waals surface area contributed by atoms with Gasteiger partial charge in [0.15, 0.2) is 0 Å². The Labute approximate surface area is 149 Å². The first-order valence-corrected chi connectivity index (χ1v) is 9.55. The van der Waals surface area contributed by atoms with Crippen LogP contribution < -0.4 is 0 Å². The van der Waals surface area contributed by atoms with Gasteiger partial charge in [-0.15, -0.1) is 0 Å². The second-order valence-electron chi connectivity index (χ2n) is 5.32. The number of halogens is 1. The number of aryl methyl sites for hydroxylation is 2. The molecule has 0 unspecified atom stereocenters. The summed E-state index contributed by atoms with van der Waals surface area (Å²) < 4.78 is 27.8. The first kappa shape index (κ1) is 16.2. The molecule has 0 bridgehead atoms. The van der Waals surface area contributed by atoms with Gasteiger partial charge in [-0.2, -0.15) is 17.6 Å². The SMILES string of the molecule is Cc1ccc(S(=O)(=O)n2ncc(I)c2-c2ccccc2C)cc1. The summed E-state index contributed by atoms with van der Waals surface area (Å²) in [4.78, 5) is 0.234. The Hall–Kier alpha value is -1.67. The van der Waals surface area contributed by atoms with Crippen LogP contribution in [0.15, 0.2) is 59.6 Å². The molecular weight excluding hydrogens is 423 g/mol. The van der Waals surface area contributed by atoms with Gasteiger partial charge in [0.1, 0.15) is 0 Å². The highest BCUT2D eigenvalue weighted by molar-refractivity contribution is 14.1. The van der Waals surface area contributed by atoms with E-state index in [4.69, 9.17) is 0 Å². The first-order chi connectivity index (χ1) is 10.9. The maximum absolute atomic E-state index is 13.0. The van der Waals surface area contributed by atoms with Crippen LogP contribution in [0.25, 0.3) is 11.3 Å². The van der Waals surface area contributed by atoms with Crippen molar-refractivity contribution in [3.05, 3.63) is 69.4 Å². The van der Waals surface area contributed by atoms with Gasteiger partial charge < -0.3 is 0 Å². The predicted octanol–water partition coefficient (Wildman–Crippen LogP) is 4.01. The highest BCUT2D eigenvalue weighted by Gasteiger charge is 2.24. The van der Waals surface area contributed by atoms with Crippen molar-refractivity contribution in [3.63, 3.8) is 0 Å². The van der Waals surface area contributed by atoms with Gasteiger partial charge in [-0.05, 0) is 54.1 Å². The molecule has 0 aliphatic heterocycles. The number of nitrogens with zero attached hydrogens (tertiary/aromatic N) is 2. The Bertz CT molecular complexity index is 961. The Kier molecular flexibility index (Phi) is 4.29. The number of benzene rings is 2. The molecule has 0 amide bonds. The fourth-order valence-corrected chi connectivity index (χ4v) is 4.47. The van der Waals surface area contributed by atoms with Gasteiger partial charge in [-0.3, -0.25) is 0 Å². The molecule has 3 aromatic rings. The highest BCUT2D eigenvalue weighted by atomic mass is 127. The Morgan fingerprint density at radius 1 is 1.00 bits per heavy atom. The molecule has 0 aliphatic carbocycles. The number of aromatic nitrogens is 2. The van der Waals surface area contributed by atoms with Gasteiger partial charge in [-0.1, -0.05) is 42.0 Å². The average molecular weight is 438 g/mol. The number of hydrogen-bond donors (Lipinski definition) is 0. The van der Waals surface area contributed by atoms with E-state index in [2.05, 4.69) is 27.7 Å². The molecule has 6 heteroatoms. The third kappa shape index (κ3) is 2.92. The molecule has 0 aliphatic rings. The quantitative estimate of drug-likeness (QED) is 0.581. The van der Waals surface area contributed by atoms with Crippen molar-refractivity contribution in [2.45, 2.75) is 18.7 Å². The molecule has 118 valence electrons. The molecule has 1 aromatic heterocycles. The Morgan fingerprint density at radius 3 is 2.30 bits per heavy atom. The second kappa shape index (κ2) is 6.09. The van der Waals surface area contributed by atoms with E-state index in [0.29, 0.717) is 5.69 Å². The molecule has 0 radical (unpaired) electrons. The molecular formula is C17H15IN2O2S. The zero-order valence-electron chi connectivity index (χ0n) is 12.7. The molecule has 3 rings (SSSR count). The van der Waals surface area contributed by atoms with Crippen molar-refractivity contribution in [1.29, 1.82) is 0 Å². The average Bonchev–Trinajstić information content (AvgIpc) is 2.90. The van der Waals surface area contributed by atoms with Crippen molar-refractivity contribution in [1.82, 2.24) is 9.19 Å². The van der Waals surface area contributed by atoms with E-state index in [1.807, 2.05) is 38.1 Å². The topological polar surface area (TPSA) is 52.0 Å². The zero-order valence-corrected chi connectivity index (χ0v) is 15.7. The van der Waals surface area contributed by atoms with Crippen LogP contribution in [0.4, 0.5) is 0 Å². The second-order valence-corrected chi connectivity index (χ2v) is 8.25. The number of rotatable bonds is 3. The van der Waals surface area contributed by atoms with Crippen molar-refractivity contribution < 1.29 is 8.42 Å². The molecule has 1 heterocycles. The Balaban J connectivity index is 2.23. The summed E-state index contributed by atoms with van der Waals surface area (Å²) >= 11 is 2.12. The fourth-order valence-electron chi connectivity index (χ4n) is 2.38. The van der Waals surface area contributed by atoms with Gasteiger partial charge in [0.05, 0.1) is 20.4 Å². The zero-order chi connectivity index (χ0) is 16.6. The summed E-state index contributed by atoms with van der Waals surface area (Å²) in [7, 11) is -3.73. The maximum atomic E-state index is 13.0. The van der Waals surface area contributed by atoms with Crippen LogP contribution >= 0.6 is 22.6 Å². The molecule has 0 atom stereocenters. The van der Waals surface area contributed by atoms with Crippen LogP contribution in [-0.4, -0.2) is 17.6 Å². The monoisotopic (exact) mass is 438 g/mol. The molecule has 0 spiro atoms. The van der Waals surface area contributed by atoms with Crippen LogP contribution in [0.2, 0.25) is 0 Å². The molecule has 0 fully saturated rings. The minimum absolute atomic E-state index is 0.234. The summed E-state index contributed by atoms with van der Waals surface area (Å²) in [6.45, 7) is 3.88. The summed E-state index contributed by atoms with van der Waals surface area (Å²) in [5.41, 5.74) is 3.48. The van der Waals surface area contributed by atoms with E-state index in [1.165, 1.54) is 0 Å². The third-order valence-electron chi connectivity index (χ3n) is 3.64. The maximum Gasteiger partial charge on any atom is 0.283 e. The molecule has 0 saturated carbocycles. The summed E-state index contributed by atoms with van der Waals surface area (Å²) in [5.74, 6) is 0. The van der Waals surface area contributed by atoms with Crippen LogP contribution in [0.3, 0.4) is 0 Å². The highest BCUT2D eigenvalue weighted by Crippen LogP contribution is 2.30. The van der Waals surface area contributed by atoms with Crippen LogP contribution in [0.1, 0.15) is 11.1 Å². The summed E-state index contributed by atoms with van der Waals surface area (Å²) in [5, 5.41) is 4.12. The largest absolute Gasteiger partial charge is 0.283 e. The van der Waals surface area contributed by atoms with E-state index in [1.54, 1.807) is 30.5 Å². The fraction of sp³-hybridized carbons (Fsp3) is 0.118. The van der Waals surface area contributed by atoms with Crippen LogP contribution in [0.5, 0.6) is 0 Å². The summed E-state index contributed by atoms with van der Waals surface area (Å²) in [6.07, 6.45) is 1.58. The van der Waals surface area contributed by atoms with Gasteiger partial charge in [0.25, 0.3) is 10.0 Å². The molecule has 4 nitrogen and oxygen atoms in total. The lowest BCUT2D eigenvalue weighted by atomic mass is 10.1.